The van der Waals surface area contributed by atoms with Crippen LogP contribution in [0.4, 0.5) is 0 Å². The summed E-state index contributed by atoms with van der Waals surface area (Å²) in [5.41, 5.74) is 1.40. The van der Waals surface area contributed by atoms with Crippen molar-refractivity contribution in [1.29, 1.82) is 0 Å². The summed E-state index contributed by atoms with van der Waals surface area (Å²) in [6.45, 7) is 5.29. The molecule has 0 radical (unpaired) electrons. The summed E-state index contributed by atoms with van der Waals surface area (Å²) < 4.78 is 5.77. The highest BCUT2D eigenvalue weighted by atomic mass is 32.1. The molecular weight excluding hydrogens is 206 g/mol. The predicted octanol–water partition coefficient (Wildman–Crippen LogP) is 2.80. The first-order valence-electron chi connectivity index (χ1n) is 5.58. The molecule has 0 spiro atoms. The number of hydrogen-bond acceptors (Lipinski definition) is 3. The van der Waals surface area contributed by atoms with Crippen molar-refractivity contribution < 1.29 is 4.74 Å². The Bertz CT molecular complexity index is 328. The van der Waals surface area contributed by atoms with Gasteiger partial charge >= 0.3 is 0 Å². The van der Waals surface area contributed by atoms with Crippen molar-refractivity contribution in [3.8, 4) is 0 Å². The fourth-order valence-corrected chi connectivity index (χ4v) is 3.52. The number of likely N-dealkylation sites (N-methyl/N-ethyl adjacent to an activating group) is 1. The molecule has 3 heteroatoms. The number of thiophene rings is 1. The first-order chi connectivity index (χ1) is 7.22. The third-order valence-corrected chi connectivity index (χ3v) is 4.25. The van der Waals surface area contributed by atoms with E-state index >= 15 is 0 Å². The first kappa shape index (κ1) is 11.1. The van der Waals surface area contributed by atoms with E-state index in [-0.39, 0.29) is 0 Å². The van der Waals surface area contributed by atoms with Crippen molar-refractivity contribution in [3.63, 3.8) is 0 Å². The summed E-state index contributed by atoms with van der Waals surface area (Å²) in [6, 6.07) is 2.64. The number of rotatable bonds is 3. The van der Waals surface area contributed by atoms with Crippen LogP contribution in [0, 0.1) is 13.8 Å². The van der Waals surface area contributed by atoms with Crippen molar-refractivity contribution in [2.24, 2.45) is 0 Å². The summed E-state index contributed by atoms with van der Waals surface area (Å²) in [5, 5.41) is 3.40. The van der Waals surface area contributed by atoms with E-state index in [9.17, 15) is 0 Å². The molecule has 1 fully saturated rings. The molecule has 2 heterocycles. The van der Waals surface area contributed by atoms with Crippen molar-refractivity contribution >= 4 is 11.3 Å². The molecular formula is C12H19NOS. The predicted molar refractivity (Wildman–Crippen MR) is 64.6 cm³/mol. The zero-order valence-electron chi connectivity index (χ0n) is 9.67. The lowest BCUT2D eigenvalue weighted by atomic mass is 10.0. The lowest BCUT2D eigenvalue weighted by Gasteiger charge is -2.22. The zero-order chi connectivity index (χ0) is 10.8. The van der Waals surface area contributed by atoms with Crippen LogP contribution in [0.3, 0.4) is 0 Å². The standard InChI is InChI=1S/C12H19NOS/c1-8-7-9(2)15-12(8)11(13-3)10-5-4-6-14-10/h7,10-11,13H,4-6H2,1-3H3. The van der Waals surface area contributed by atoms with Gasteiger partial charge in [0.05, 0.1) is 12.1 Å². The highest BCUT2D eigenvalue weighted by Crippen LogP contribution is 2.33. The average molecular weight is 225 g/mol. The quantitative estimate of drug-likeness (QED) is 0.854. The summed E-state index contributed by atoms with van der Waals surface area (Å²) in [6.07, 6.45) is 2.75. The fourth-order valence-electron chi connectivity index (χ4n) is 2.32. The second kappa shape index (κ2) is 4.64. The summed E-state index contributed by atoms with van der Waals surface area (Å²) in [4.78, 5) is 2.84. The molecule has 1 aromatic rings. The lowest BCUT2D eigenvalue weighted by Crippen LogP contribution is -2.28. The molecule has 0 aromatic carbocycles. The Morgan fingerprint density at radius 1 is 1.53 bits per heavy atom. The molecule has 2 unspecified atom stereocenters. The molecule has 2 atom stereocenters. The molecule has 0 amide bonds. The van der Waals surface area contributed by atoms with E-state index in [2.05, 4.69) is 25.2 Å². The maximum absolute atomic E-state index is 5.77. The minimum atomic E-state index is 0.367. The first-order valence-corrected chi connectivity index (χ1v) is 6.40. The SMILES string of the molecule is CNC(c1sc(C)cc1C)C1CCCO1. The van der Waals surface area contributed by atoms with Gasteiger partial charge in [-0.2, -0.15) is 0 Å². The van der Waals surface area contributed by atoms with Crippen LogP contribution in [-0.4, -0.2) is 19.8 Å². The lowest BCUT2D eigenvalue weighted by molar-refractivity contribution is 0.0816. The molecule has 84 valence electrons. The maximum atomic E-state index is 5.77. The Morgan fingerprint density at radius 3 is 2.80 bits per heavy atom. The van der Waals surface area contributed by atoms with Crippen molar-refractivity contribution in [2.45, 2.75) is 38.8 Å². The smallest absolute Gasteiger partial charge is 0.0778 e. The molecule has 0 saturated carbocycles. The number of ether oxygens (including phenoxy) is 1. The highest BCUT2D eigenvalue weighted by molar-refractivity contribution is 7.12. The molecule has 1 N–H and O–H groups in total. The van der Waals surface area contributed by atoms with E-state index in [1.54, 1.807) is 0 Å². The average Bonchev–Trinajstić information content (AvgIpc) is 2.79. The van der Waals surface area contributed by atoms with Crippen molar-refractivity contribution in [1.82, 2.24) is 5.32 Å². The molecule has 0 aliphatic carbocycles. The van der Waals surface area contributed by atoms with Gasteiger partial charge in [-0.1, -0.05) is 0 Å². The Kier molecular flexibility index (Phi) is 3.44. The third kappa shape index (κ3) is 2.25. The summed E-state index contributed by atoms with van der Waals surface area (Å²) in [5.74, 6) is 0. The second-order valence-electron chi connectivity index (χ2n) is 4.22. The van der Waals surface area contributed by atoms with Crippen molar-refractivity contribution in [2.75, 3.05) is 13.7 Å². The summed E-state index contributed by atoms with van der Waals surface area (Å²) in [7, 11) is 2.03. The van der Waals surface area contributed by atoms with E-state index in [0.717, 1.165) is 6.61 Å². The summed E-state index contributed by atoms with van der Waals surface area (Å²) >= 11 is 1.89. The Hall–Kier alpha value is -0.380. The molecule has 1 aliphatic heterocycles. The maximum Gasteiger partial charge on any atom is 0.0778 e. The van der Waals surface area contributed by atoms with Gasteiger partial charge in [-0.25, -0.2) is 0 Å². The molecule has 0 bridgehead atoms. The second-order valence-corrected chi connectivity index (χ2v) is 5.51. The molecule has 1 aliphatic rings. The Balaban J connectivity index is 2.21. The highest BCUT2D eigenvalue weighted by Gasteiger charge is 2.28. The van der Waals surface area contributed by atoms with Crippen molar-refractivity contribution in [3.05, 3.63) is 21.4 Å². The Labute approximate surface area is 95.6 Å². The largest absolute Gasteiger partial charge is 0.376 e. The molecule has 1 saturated heterocycles. The van der Waals surface area contributed by atoms with Gasteiger partial charge in [0, 0.05) is 16.4 Å². The van der Waals surface area contributed by atoms with Gasteiger partial charge in [0.15, 0.2) is 0 Å². The monoisotopic (exact) mass is 225 g/mol. The van der Waals surface area contributed by atoms with Crippen LogP contribution in [0.25, 0.3) is 0 Å². The van der Waals surface area contributed by atoms with E-state index in [4.69, 9.17) is 4.74 Å². The minimum absolute atomic E-state index is 0.367. The van der Waals surface area contributed by atoms with Crippen LogP contribution in [-0.2, 0) is 4.74 Å². The third-order valence-electron chi connectivity index (χ3n) is 3.01. The van der Waals surface area contributed by atoms with Crippen LogP contribution in [0.2, 0.25) is 0 Å². The molecule has 15 heavy (non-hydrogen) atoms. The van der Waals surface area contributed by atoms with E-state index < -0.39 is 0 Å². The fraction of sp³-hybridized carbons (Fsp3) is 0.667. The van der Waals surface area contributed by atoms with Crippen LogP contribution >= 0.6 is 11.3 Å². The zero-order valence-corrected chi connectivity index (χ0v) is 10.5. The number of aryl methyl sites for hydroxylation is 2. The van der Waals surface area contributed by atoms with Gasteiger partial charge in [-0.15, -0.1) is 11.3 Å². The Morgan fingerprint density at radius 2 is 2.33 bits per heavy atom. The van der Waals surface area contributed by atoms with E-state index in [1.165, 1.54) is 28.2 Å². The van der Waals surface area contributed by atoms with Crippen LogP contribution in [0.1, 0.15) is 34.2 Å². The molecule has 2 nitrogen and oxygen atoms in total. The molecule has 2 rings (SSSR count). The van der Waals surface area contributed by atoms with Gasteiger partial charge in [-0.05, 0) is 45.4 Å². The normalized spacial score (nSPS) is 23.3. The minimum Gasteiger partial charge on any atom is -0.376 e. The van der Waals surface area contributed by atoms with E-state index in [1.807, 2.05) is 18.4 Å². The van der Waals surface area contributed by atoms with Gasteiger partial charge in [-0.3, -0.25) is 0 Å². The van der Waals surface area contributed by atoms with E-state index in [0.29, 0.717) is 12.1 Å². The van der Waals surface area contributed by atoms with Gasteiger partial charge in [0.2, 0.25) is 0 Å². The van der Waals surface area contributed by atoms with Gasteiger partial charge < -0.3 is 10.1 Å². The number of nitrogens with one attached hydrogen (secondary N) is 1. The molecule has 1 aromatic heterocycles. The van der Waals surface area contributed by atoms with Crippen LogP contribution in [0.15, 0.2) is 6.07 Å². The van der Waals surface area contributed by atoms with Crippen LogP contribution in [0.5, 0.6) is 0 Å². The topological polar surface area (TPSA) is 21.3 Å². The van der Waals surface area contributed by atoms with Crippen LogP contribution < -0.4 is 5.32 Å². The van der Waals surface area contributed by atoms with Gasteiger partial charge in [0.25, 0.3) is 0 Å². The van der Waals surface area contributed by atoms with Gasteiger partial charge in [0.1, 0.15) is 0 Å². The number of hydrogen-bond donors (Lipinski definition) is 1.